The zero-order chi connectivity index (χ0) is 25.2. The number of hydrogen-bond donors (Lipinski definition) is 4. The monoisotopic (exact) mass is 507 g/mol. The molecule has 37 heavy (non-hydrogen) atoms. The second kappa shape index (κ2) is 10.1. The lowest BCUT2D eigenvalue weighted by Gasteiger charge is -2.29. The van der Waals surface area contributed by atoms with Crippen LogP contribution in [0.25, 0.3) is 22.6 Å². The van der Waals surface area contributed by atoms with Crippen LogP contribution in [0.5, 0.6) is 5.75 Å². The third kappa shape index (κ3) is 4.81. The first-order chi connectivity index (χ1) is 18.2. The van der Waals surface area contributed by atoms with Gasteiger partial charge in [0, 0.05) is 30.9 Å². The van der Waals surface area contributed by atoms with Gasteiger partial charge in [0.15, 0.2) is 11.3 Å². The van der Waals surface area contributed by atoms with Gasteiger partial charge in [-0.2, -0.15) is 15.1 Å². The Balaban J connectivity index is 1.36. The minimum Gasteiger partial charge on any atom is -0.494 e. The van der Waals surface area contributed by atoms with Gasteiger partial charge in [-0.25, -0.2) is 9.89 Å². The summed E-state index contributed by atoms with van der Waals surface area (Å²) in [5.74, 6) is 1.07. The maximum Gasteiger partial charge on any atom is 0.434 e. The molecule has 6 rings (SSSR count). The van der Waals surface area contributed by atoms with E-state index in [1.165, 1.54) is 6.42 Å². The summed E-state index contributed by atoms with van der Waals surface area (Å²) in [6.07, 6.45) is 5.66. The van der Waals surface area contributed by atoms with Crippen molar-refractivity contribution >= 4 is 34.2 Å². The SMILES string of the molecule is COc1cc(N2CCOCC2)ccc1Nc1nc(NC2CCCCC2)c2c(-c3n[nH]c(=O)o3)n[nH]c2n1. The number of hydrogen-bond acceptors (Lipinski definition) is 11. The van der Waals surface area contributed by atoms with E-state index >= 15 is 0 Å². The Morgan fingerprint density at radius 2 is 1.92 bits per heavy atom. The number of ether oxygens (including phenoxy) is 2. The van der Waals surface area contributed by atoms with Crippen LogP contribution in [0.4, 0.5) is 23.1 Å². The van der Waals surface area contributed by atoms with Gasteiger partial charge in [-0.15, -0.1) is 5.10 Å². The summed E-state index contributed by atoms with van der Waals surface area (Å²) < 4.78 is 16.3. The van der Waals surface area contributed by atoms with Crippen molar-refractivity contribution in [3.05, 3.63) is 28.7 Å². The number of nitrogens with one attached hydrogen (secondary N) is 4. The van der Waals surface area contributed by atoms with Crippen LogP contribution in [-0.2, 0) is 4.74 Å². The van der Waals surface area contributed by atoms with E-state index < -0.39 is 5.76 Å². The summed E-state index contributed by atoms with van der Waals surface area (Å²) >= 11 is 0. The minimum absolute atomic E-state index is 0.0765. The average molecular weight is 508 g/mol. The molecule has 3 aromatic heterocycles. The molecule has 0 atom stereocenters. The normalized spacial score (nSPS) is 16.7. The molecule has 0 spiro atoms. The Bertz CT molecular complexity index is 1430. The lowest BCUT2D eigenvalue weighted by molar-refractivity contribution is 0.122. The Morgan fingerprint density at radius 3 is 2.68 bits per heavy atom. The van der Waals surface area contributed by atoms with Crippen molar-refractivity contribution in [3.63, 3.8) is 0 Å². The number of aromatic amines is 2. The molecule has 1 saturated heterocycles. The number of rotatable bonds is 7. The topological polar surface area (TPSA) is 159 Å². The molecule has 0 unspecified atom stereocenters. The highest BCUT2D eigenvalue weighted by Gasteiger charge is 2.23. The number of morpholine rings is 1. The van der Waals surface area contributed by atoms with Crippen LogP contribution in [0, 0.1) is 0 Å². The van der Waals surface area contributed by atoms with Gasteiger partial charge in [-0.3, -0.25) is 5.10 Å². The van der Waals surface area contributed by atoms with E-state index in [2.05, 4.69) is 40.9 Å². The van der Waals surface area contributed by atoms with E-state index in [4.69, 9.17) is 18.9 Å². The summed E-state index contributed by atoms with van der Waals surface area (Å²) in [7, 11) is 1.64. The smallest absolute Gasteiger partial charge is 0.434 e. The number of methoxy groups -OCH3 is 1. The summed E-state index contributed by atoms with van der Waals surface area (Å²) in [6.45, 7) is 3.09. The molecule has 4 N–H and O–H groups in total. The van der Waals surface area contributed by atoms with E-state index in [9.17, 15) is 4.79 Å². The van der Waals surface area contributed by atoms with Crippen molar-refractivity contribution in [2.45, 2.75) is 38.1 Å². The number of nitrogens with zero attached hydrogens (tertiary/aromatic N) is 5. The van der Waals surface area contributed by atoms with Crippen molar-refractivity contribution in [2.24, 2.45) is 0 Å². The highest BCUT2D eigenvalue weighted by atomic mass is 16.5. The number of H-pyrrole nitrogens is 2. The highest BCUT2D eigenvalue weighted by Crippen LogP contribution is 2.35. The second-order valence-electron chi connectivity index (χ2n) is 9.20. The van der Waals surface area contributed by atoms with Crippen LogP contribution in [0.2, 0.25) is 0 Å². The first-order valence-corrected chi connectivity index (χ1v) is 12.5. The van der Waals surface area contributed by atoms with Crippen LogP contribution in [0.15, 0.2) is 27.4 Å². The van der Waals surface area contributed by atoms with Gasteiger partial charge in [-0.05, 0) is 25.0 Å². The molecule has 0 radical (unpaired) electrons. The third-order valence-electron chi connectivity index (χ3n) is 6.81. The number of benzene rings is 1. The van der Waals surface area contributed by atoms with Crippen molar-refractivity contribution in [1.29, 1.82) is 0 Å². The van der Waals surface area contributed by atoms with Crippen molar-refractivity contribution in [3.8, 4) is 17.3 Å². The molecule has 13 heteroatoms. The first-order valence-electron chi connectivity index (χ1n) is 12.5. The molecule has 2 aliphatic rings. The number of aromatic nitrogens is 6. The van der Waals surface area contributed by atoms with E-state index in [-0.39, 0.29) is 11.9 Å². The number of anilines is 4. The van der Waals surface area contributed by atoms with Gasteiger partial charge in [0.1, 0.15) is 11.6 Å². The molecule has 1 aromatic carbocycles. The Labute approximate surface area is 212 Å². The number of fused-ring (bicyclic) bond motifs is 1. The van der Waals surface area contributed by atoms with Crippen LogP contribution < -0.4 is 26.0 Å². The van der Waals surface area contributed by atoms with Crippen LogP contribution in [-0.4, -0.2) is 69.8 Å². The average Bonchev–Trinajstić information content (AvgIpc) is 3.56. The fourth-order valence-electron chi connectivity index (χ4n) is 4.94. The maximum atomic E-state index is 11.6. The molecule has 13 nitrogen and oxygen atoms in total. The molecular weight excluding hydrogens is 478 g/mol. The molecule has 194 valence electrons. The van der Waals surface area contributed by atoms with Gasteiger partial charge in [0.25, 0.3) is 5.89 Å². The zero-order valence-electron chi connectivity index (χ0n) is 20.5. The Kier molecular flexibility index (Phi) is 6.35. The van der Waals surface area contributed by atoms with E-state index in [1.807, 2.05) is 18.2 Å². The first kappa shape index (κ1) is 23.3. The summed E-state index contributed by atoms with van der Waals surface area (Å²) in [5, 5.41) is 21.0. The molecule has 0 bridgehead atoms. The van der Waals surface area contributed by atoms with Crippen molar-refractivity contribution in [2.75, 3.05) is 48.9 Å². The fraction of sp³-hybridized carbons (Fsp3) is 0.458. The molecule has 4 aromatic rings. The van der Waals surface area contributed by atoms with Gasteiger partial charge in [0.2, 0.25) is 5.95 Å². The van der Waals surface area contributed by atoms with Gasteiger partial charge in [-0.1, -0.05) is 19.3 Å². The molecule has 2 fully saturated rings. The fourth-order valence-corrected chi connectivity index (χ4v) is 4.94. The molecule has 1 aliphatic heterocycles. The van der Waals surface area contributed by atoms with E-state index in [1.54, 1.807) is 7.11 Å². The Morgan fingerprint density at radius 1 is 1.08 bits per heavy atom. The lowest BCUT2D eigenvalue weighted by atomic mass is 9.95. The predicted octanol–water partition coefficient (Wildman–Crippen LogP) is 3.03. The summed E-state index contributed by atoms with van der Waals surface area (Å²) in [5.41, 5.74) is 2.66. The summed E-state index contributed by atoms with van der Waals surface area (Å²) in [6, 6.07) is 6.28. The largest absolute Gasteiger partial charge is 0.494 e. The van der Waals surface area contributed by atoms with Crippen LogP contribution in [0.3, 0.4) is 0 Å². The predicted molar refractivity (Wildman–Crippen MR) is 138 cm³/mol. The quantitative estimate of drug-likeness (QED) is 0.291. The molecule has 1 saturated carbocycles. The van der Waals surface area contributed by atoms with E-state index in [0.29, 0.717) is 47.5 Å². The molecule has 1 aliphatic carbocycles. The summed E-state index contributed by atoms with van der Waals surface area (Å²) in [4.78, 5) is 23.3. The van der Waals surface area contributed by atoms with Crippen LogP contribution >= 0.6 is 0 Å². The highest BCUT2D eigenvalue weighted by molar-refractivity contribution is 5.98. The van der Waals surface area contributed by atoms with Gasteiger partial charge >= 0.3 is 5.76 Å². The van der Waals surface area contributed by atoms with Gasteiger partial charge < -0.3 is 29.4 Å². The zero-order valence-corrected chi connectivity index (χ0v) is 20.5. The third-order valence-corrected chi connectivity index (χ3v) is 6.81. The lowest BCUT2D eigenvalue weighted by Crippen LogP contribution is -2.36. The molecule has 4 heterocycles. The molecule has 0 amide bonds. The van der Waals surface area contributed by atoms with Crippen LogP contribution in [0.1, 0.15) is 32.1 Å². The Hall–Kier alpha value is -4.13. The van der Waals surface area contributed by atoms with E-state index in [0.717, 1.165) is 50.1 Å². The maximum absolute atomic E-state index is 11.6. The van der Waals surface area contributed by atoms with Crippen molar-refractivity contribution < 1.29 is 13.9 Å². The van der Waals surface area contributed by atoms with Crippen molar-refractivity contribution in [1.82, 2.24) is 30.4 Å². The molecular formula is C24H29N9O4. The minimum atomic E-state index is -0.653. The standard InChI is InChI=1S/C24H29N9O4/c1-35-17-13-15(33-9-11-36-12-10-33)7-8-16(17)26-23-27-20(25-14-5-3-2-4-6-14)18-19(29-30-21(18)28-23)22-31-32-24(34)37-22/h7-8,13-14H,2-6,9-12H2,1H3,(H,32,34)(H3,25,26,27,28,29,30). The second-order valence-corrected chi connectivity index (χ2v) is 9.20. The van der Waals surface area contributed by atoms with Gasteiger partial charge in [0.05, 0.1) is 31.4 Å².